The normalized spacial score (nSPS) is 20.2. The van der Waals surface area contributed by atoms with E-state index in [0.29, 0.717) is 14.2 Å². The minimum absolute atomic E-state index is 0.00127. The molecule has 1 heterocycles. The highest BCUT2D eigenvalue weighted by atomic mass is 127. The number of rotatable bonds is 4. The smallest absolute Gasteiger partial charge is 0.267 e. The maximum Gasteiger partial charge on any atom is 0.267 e. The molecule has 0 bridgehead atoms. The van der Waals surface area contributed by atoms with Crippen molar-refractivity contribution in [3.8, 4) is 11.5 Å². The van der Waals surface area contributed by atoms with E-state index in [1.807, 2.05) is 47.4 Å². The van der Waals surface area contributed by atoms with Crippen molar-refractivity contribution in [2.45, 2.75) is 31.7 Å². The van der Waals surface area contributed by atoms with Crippen molar-refractivity contribution in [2.75, 3.05) is 7.11 Å². The molecule has 1 saturated heterocycles. The third kappa shape index (κ3) is 4.30. The van der Waals surface area contributed by atoms with Gasteiger partial charge in [-0.2, -0.15) is 0 Å². The molecule has 2 aromatic rings. The van der Waals surface area contributed by atoms with Crippen LogP contribution in [0.2, 0.25) is 0 Å². The Morgan fingerprint density at radius 2 is 1.97 bits per heavy atom. The first-order valence-electron chi connectivity index (χ1n) is 9.50. The van der Waals surface area contributed by atoms with Crippen molar-refractivity contribution in [1.82, 2.24) is 4.90 Å². The van der Waals surface area contributed by atoms with E-state index in [9.17, 15) is 9.90 Å². The molecule has 29 heavy (non-hydrogen) atoms. The lowest BCUT2D eigenvalue weighted by atomic mass is 10.1. The molecular weight excluding hydrogens is 499 g/mol. The van der Waals surface area contributed by atoms with Crippen LogP contribution in [0.1, 0.15) is 31.2 Å². The molecule has 0 unspecified atom stereocenters. The number of phenolic OH excluding ortho intramolecular Hbond substituents is 1. The molecule has 2 aromatic carbocycles. The molecule has 1 saturated carbocycles. The molecule has 1 aliphatic heterocycles. The Kier molecular flexibility index (Phi) is 6.15. The Hall–Kier alpha value is -2.00. The number of para-hydroxylation sites is 1. The van der Waals surface area contributed by atoms with Crippen LogP contribution in [0, 0.1) is 3.57 Å². The number of amidine groups is 1. The molecule has 150 valence electrons. The van der Waals surface area contributed by atoms with Crippen LogP contribution in [-0.2, 0) is 4.79 Å². The van der Waals surface area contributed by atoms with Crippen molar-refractivity contribution in [2.24, 2.45) is 4.99 Å². The number of phenols is 1. The topological polar surface area (TPSA) is 62.1 Å². The fourth-order valence-corrected chi connectivity index (χ4v) is 5.33. The van der Waals surface area contributed by atoms with Gasteiger partial charge in [0, 0.05) is 6.04 Å². The average Bonchev–Trinajstić information content (AvgIpc) is 3.34. The minimum Gasteiger partial charge on any atom is -0.504 e. The largest absolute Gasteiger partial charge is 0.504 e. The lowest BCUT2D eigenvalue weighted by Gasteiger charge is -2.22. The van der Waals surface area contributed by atoms with E-state index in [0.717, 1.165) is 42.1 Å². The van der Waals surface area contributed by atoms with Gasteiger partial charge in [-0.3, -0.25) is 9.69 Å². The lowest BCUT2D eigenvalue weighted by molar-refractivity contribution is -0.123. The molecule has 5 nitrogen and oxygen atoms in total. The van der Waals surface area contributed by atoms with Crippen LogP contribution in [0.25, 0.3) is 6.08 Å². The van der Waals surface area contributed by atoms with Gasteiger partial charge in [0.05, 0.1) is 21.3 Å². The van der Waals surface area contributed by atoms with Crippen molar-refractivity contribution < 1.29 is 14.6 Å². The minimum atomic E-state index is -0.00127. The first kappa shape index (κ1) is 20.3. The summed E-state index contributed by atoms with van der Waals surface area (Å²) in [5.74, 6) is 0.503. The molecule has 0 atom stereocenters. The van der Waals surface area contributed by atoms with Crippen LogP contribution < -0.4 is 4.74 Å². The van der Waals surface area contributed by atoms with Gasteiger partial charge in [0.1, 0.15) is 0 Å². The zero-order chi connectivity index (χ0) is 20.4. The maximum atomic E-state index is 13.3. The van der Waals surface area contributed by atoms with Gasteiger partial charge in [-0.05, 0) is 83.1 Å². The summed E-state index contributed by atoms with van der Waals surface area (Å²) in [5, 5.41) is 10.8. The number of benzene rings is 2. The van der Waals surface area contributed by atoms with E-state index in [4.69, 9.17) is 9.73 Å². The molecule has 1 amide bonds. The molecule has 7 heteroatoms. The van der Waals surface area contributed by atoms with E-state index < -0.39 is 0 Å². The highest BCUT2D eigenvalue weighted by Gasteiger charge is 2.39. The number of halogens is 1. The molecule has 0 spiro atoms. The van der Waals surface area contributed by atoms with Crippen LogP contribution in [0.3, 0.4) is 0 Å². The summed E-state index contributed by atoms with van der Waals surface area (Å²) in [4.78, 5) is 20.6. The van der Waals surface area contributed by atoms with Crippen LogP contribution in [0.5, 0.6) is 11.5 Å². The monoisotopic (exact) mass is 520 g/mol. The SMILES string of the molecule is COc1cc(C=C2SC(=Nc3ccccc3)N(C3CCCC3)C2=O)cc(I)c1O. The van der Waals surface area contributed by atoms with Gasteiger partial charge in [0.15, 0.2) is 16.7 Å². The van der Waals surface area contributed by atoms with Crippen LogP contribution in [-0.4, -0.2) is 34.2 Å². The highest BCUT2D eigenvalue weighted by molar-refractivity contribution is 14.1. The number of amides is 1. The van der Waals surface area contributed by atoms with E-state index >= 15 is 0 Å². The Bertz CT molecular complexity index is 985. The van der Waals surface area contributed by atoms with Crippen LogP contribution >= 0.6 is 34.4 Å². The van der Waals surface area contributed by atoms with Gasteiger partial charge in [-0.15, -0.1) is 0 Å². The second-order valence-corrected chi connectivity index (χ2v) is 9.18. The number of aliphatic imine (C=N–C) groups is 1. The Labute approximate surface area is 188 Å². The van der Waals surface area contributed by atoms with E-state index in [1.165, 1.54) is 18.9 Å². The number of nitrogens with zero attached hydrogens (tertiary/aromatic N) is 2. The first-order valence-corrected chi connectivity index (χ1v) is 11.4. The molecule has 0 radical (unpaired) electrons. The second-order valence-electron chi connectivity index (χ2n) is 7.01. The fraction of sp³-hybridized carbons (Fsp3) is 0.273. The summed E-state index contributed by atoms with van der Waals surface area (Å²) in [6.07, 6.45) is 6.16. The quantitative estimate of drug-likeness (QED) is 0.424. The number of hydrogen-bond acceptors (Lipinski definition) is 5. The highest BCUT2D eigenvalue weighted by Crippen LogP contribution is 2.40. The second kappa shape index (κ2) is 8.79. The third-order valence-electron chi connectivity index (χ3n) is 5.08. The summed E-state index contributed by atoms with van der Waals surface area (Å²) in [6, 6.07) is 13.5. The number of ether oxygens (including phenoxy) is 1. The number of thioether (sulfide) groups is 1. The first-order chi connectivity index (χ1) is 14.1. The zero-order valence-corrected chi connectivity index (χ0v) is 18.9. The van der Waals surface area contributed by atoms with Crippen molar-refractivity contribution >= 4 is 57.2 Å². The van der Waals surface area contributed by atoms with E-state index in [1.54, 1.807) is 6.07 Å². The summed E-state index contributed by atoms with van der Waals surface area (Å²) >= 11 is 3.47. The molecule has 2 aliphatic rings. The van der Waals surface area contributed by atoms with Crippen molar-refractivity contribution in [1.29, 1.82) is 0 Å². The molecule has 2 fully saturated rings. The van der Waals surface area contributed by atoms with Gasteiger partial charge in [0.25, 0.3) is 5.91 Å². The number of carbonyl (C=O) groups excluding carboxylic acids is 1. The van der Waals surface area contributed by atoms with Crippen molar-refractivity contribution in [3.05, 3.63) is 56.5 Å². The van der Waals surface area contributed by atoms with E-state index in [-0.39, 0.29) is 17.7 Å². The van der Waals surface area contributed by atoms with Crippen molar-refractivity contribution in [3.63, 3.8) is 0 Å². The van der Waals surface area contributed by atoms with Gasteiger partial charge in [-0.25, -0.2) is 4.99 Å². The van der Waals surface area contributed by atoms with E-state index in [2.05, 4.69) is 22.6 Å². The molecule has 0 aromatic heterocycles. The zero-order valence-electron chi connectivity index (χ0n) is 16.0. The predicted molar refractivity (Wildman–Crippen MR) is 126 cm³/mol. The third-order valence-corrected chi connectivity index (χ3v) is 6.88. The van der Waals surface area contributed by atoms with Gasteiger partial charge in [0.2, 0.25) is 0 Å². The lowest BCUT2D eigenvalue weighted by Crippen LogP contribution is -2.37. The summed E-state index contributed by atoms with van der Waals surface area (Å²) in [7, 11) is 1.52. The maximum absolute atomic E-state index is 13.3. The summed E-state index contributed by atoms with van der Waals surface area (Å²) in [5.41, 5.74) is 1.65. The molecule has 4 rings (SSSR count). The Morgan fingerprint density at radius 1 is 1.24 bits per heavy atom. The number of methoxy groups -OCH3 is 1. The van der Waals surface area contributed by atoms with Crippen LogP contribution in [0.15, 0.2) is 52.4 Å². The average molecular weight is 520 g/mol. The van der Waals surface area contributed by atoms with Gasteiger partial charge < -0.3 is 9.84 Å². The Morgan fingerprint density at radius 3 is 2.66 bits per heavy atom. The van der Waals surface area contributed by atoms with Gasteiger partial charge in [-0.1, -0.05) is 31.0 Å². The van der Waals surface area contributed by atoms with Crippen LogP contribution in [0.4, 0.5) is 5.69 Å². The molecular formula is C22H21IN2O3S. The van der Waals surface area contributed by atoms with Gasteiger partial charge >= 0.3 is 0 Å². The summed E-state index contributed by atoms with van der Waals surface area (Å²) < 4.78 is 5.93. The standard InChI is InChI=1S/C22H21IN2O3S/c1-28-18-12-14(11-17(23)20(18)26)13-19-21(27)25(16-9-5-6-10-16)22(29-19)24-15-7-3-2-4-8-15/h2-4,7-8,11-13,16,26H,5-6,9-10H2,1H3. The molecule has 1 N–H and O–H groups in total. The molecule has 1 aliphatic carbocycles. The predicted octanol–water partition coefficient (Wildman–Crippen LogP) is 5.55. The summed E-state index contributed by atoms with van der Waals surface area (Å²) in [6.45, 7) is 0. The number of hydrogen-bond donors (Lipinski definition) is 1. The number of carbonyl (C=O) groups is 1. The fourth-order valence-electron chi connectivity index (χ4n) is 3.65. The number of aromatic hydroxyl groups is 1. The Balaban J connectivity index is 1.72.